The Morgan fingerprint density at radius 2 is 2.00 bits per heavy atom. The maximum absolute atomic E-state index is 12.4. The first-order valence-electron chi connectivity index (χ1n) is 7.86. The minimum absolute atomic E-state index is 0.0225. The van der Waals surface area contributed by atoms with Gasteiger partial charge in [0.2, 0.25) is 10.0 Å². The molecule has 0 amide bonds. The predicted molar refractivity (Wildman–Crippen MR) is 88.8 cm³/mol. The molecule has 0 unspecified atom stereocenters. The molecule has 1 aliphatic rings. The second-order valence-electron chi connectivity index (χ2n) is 6.11. The van der Waals surface area contributed by atoms with E-state index in [1.54, 1.807) is 0 Å². The van der Waals surface area contributed by atoms with Crippen LogP contribution in [0.2, 0.25) is 0 Å². The Labute approximate surface area is 131 Å². The van der Waals surface area contributed by atoms with Gasteiger partial charge in [-0.25, -0.2) is 13.1 Å². The van der Waals surface area contributed by atoms with Gasteiger partial charge < -0.3 is 10.7 Å². The Morgan fingerprint density at radius 3 is 2.73 bits per heavy atom. The average Bonchev–Trinajstić information content (AvgIpc) is 2.89. The van der Waals surface area contributed by atoms with Gasteiger partial charge >= 0.3 is 0 Å². The van der Waals surface area contributed by atoms with Crippen LogP contribution in [0.1, 0.15) is 43.2 Å². The molecule has 0 saturated heterocycles. The van der Waals surface area contributed by atoms with Crippen molar-refractivity contribution in [1.29, 1.82) is 0 Å². The molecule has 1 heterocycles. The number of hydrogen-bond acceptors (Lipinski definition) is 3. The third-order valence-corrected chi connectivity index (χ3v) is 5.77. The predicted octanol–water partition coefficient (Wildman–Crippen LogP) is 2.38. The zero-order chi connectivity index (χ0) is 15.6. The number of H-pyrrole nitrogens is 1. The van der Waals surface area contributed by atoms with Gasteiger partial charge in [0, 0.05) is 29.7 Å². The number of aromatic nitrogens is 1. The number of nitrogens with two attached hydrogens (primary N) is 1. The molecule has 0 aliphatic heterocycles. The van der Waals surface area contributed by atoms with Crippen LogP contribution in [0.4, 0.5) is 0 Å². The first-order chi connectivity index (χ1) is 10.6. The molecule has 120 valence electrons. The van der Waals surface area contributed by atoms with Crippen molar-refractivity contribution in [2.75, 3.05) is 0 Å². The van der Waals surface area contributed by atoms with Crippen LogP contribution in [0, 0.1) is 0 Å². The lowest BCUT2D eigenvalue weighted by atomic mass is 9.96. The quantitative estimate of drug-likeness (QED) is 0.790. The smallest absolute Gasteiger partial charge is 0.216 e. The molecular formula is C16H23N3O2S. The molecule has 2 aromatic rings. The monoisotopic (exact) mass is 321 g/mol. The SMILES string of the molecule is NCc1c[nH]c2ccc(CS(=O)(=O)NC3CCCCC3)cc12. The Kier molecular flexibility index (Phi) is 4.52. The van der Waals surface area contributed by atoms with Gasteiger partial charge in [-0.15, -0.1) is 0 Å². The van der Waals surface area contributed by atoms with Gasteiger partial charge in [-0.1, -0.05) is 25.3 Å². The number of sulfonamides is 1. The van der Waals surface area contributed by atoms with Crippen molar-refractivity contribution in [3.05, 3.63) is 35.5 Å². The Morgan fingerprint density at radius 1 is 1.23 bits per heavy atom. The summed E-state index contributed by atoms with van der Waals surface area (Å²) in [5.74, 6) is 0.0225. The molecule has 5 nitrogen and oxygen atoms in total. The second kappa shape index (κ2) is 6.40. The van der Waals surface area contributed by atoms with Crippen molar-refractivity contribution in [3.63, 3.8) is 0 Å². The minimum atomic E-state index is -3.30. The molecule has 4 N–H and O–H groups in total. The van der Waals surface area contributed by atoms with Gasteiger partial charge in [-0.05, 0) is 36.1 Å². The molecule has 22 heavy (non-hydrogen) atoms. The molecule has 1 saturated carbocycles. The fraction of sp³-hybridized carbons (Fsp3) is 0.500. The summed E-state index contributed by atoms with van der Waals surface area (Å²) in [4.78, 5) is 3.15. The van der Waals surface area contributed by atoms with Crippen molar-refractivity contribution < 1.29 is 8.42 Å². The number of rotatable bonds is 5. The summed E-state index contributed by atoms with van der Waals surface area (Å²) in [5, 5.41) is 1.01. The molecular weight excluding hydrogens is 298 g/mol. The highest BCUT2D eigenvalue weighted by atomic mass is 32.2. The Balaban J connectivity index is 1.76. The fourth-order valence-corrected chi connectivity index (χ4v) is 4.66. The molecule has 1 aromatic heterocycles. The van der Waals surface area contributed by atoms with E-state index in [9.17, 15) is 8.42 Å². The van der Waals surface area contributed by atoms with Crippen molar-refractivity contribution in [3.8, 4) is 0 Å². The van der Waals surface area contributed by atoms with E-state index in [-0.39, 0.29) is 11.8 Å². The summed E-state index contributed by atoms with van der Waals surface area (Å²) in [7, 11) is -3.30. The van der Waals surface area contributed by atoms with E-state index in [0.717, 1.165) is 47.7 Å². The lowest BCUT2D eigenvalue weighted by Gasteiger charge is -2.22. The molecule has 0 bridgehead atoms. The topological polar surface area (TPSA) is 88.0 Å². The van der Waals surface area contributed by atoms with Crippen LogP contribution >= 0.6 is 0 Å². The van der Waals surface area contributed by atoms with Crippen molar-refractivity contribution in [2.24, 2.45) is 5.73 Å². The number of nitrogens with one attached hydrogen (secondary N) is 2. The molecule has 0 atom stereocenters. The van der Waals surface area contributed by atoms with Gasteiger partial charge in [-0.3, -0.25) is 0 Å². The molecule has 0 radical (unpaired) electrons. The molecule has 0 spiro atoms. The average molecular weight is 321 g/mol. The Bertz CT molecular complexity index is 746. The Hall–Kier alpha value is -1.37. The van der Waals surface area contributed by atoms with E-state index in [1.807, 2.05) is 24.4 Å². The van der Waals surface area contributed by atoms with Crippen LogP contribution in [0.15, 0.2) is 24.4 Å². The van der Waals surface area contributed by atoms with Gasteiger partial charge in [-0.2, -0.15) is 0 Å². The maximum Gasteiger partial charge on any atom is 0.216 e. The normalized spacial score (nSPS) is 17.1. The minimum Gasteiger partial charge on any atom is -0.361 e. The van der Waals surface area contributed by atoms with E-state index >= 15 is 0 Å². The summed E-state index contributed by atoms with van der Waals surface area (Å²) in [6, 6.07) is 5.81. The van der Waals surface area contributed by atoms with Crippen LogP contribution in [-0.4, -0.2) is 19.4 Å². The number of aromatic amines is 1. The summed E-state index contributed by atoms with van der Waals surface area (Å²) < 4.78 is 27.6. The largest absolute Gasteiger partial charge is 0.361 e. The van der Waals surface area contributed by atoms with Gasteiger partial charge in [0.05, 0.1) is 5.75 Å². The van der Waals surface area contributed by atoms with E-state index in [2.05, 4.69) is 9.71 Å². The van der Waals surface area contributed by atoms with Crippen molar-refractivity contribution in [1.82, 2.24) is 9.71 Å². The van der Waals surface area contributed by atoms with Crippen LogP contribution in [-0.2, 0) is 22.3 Å². The van der Waals surface area contributed by atoms with Gasteiger partial charge in [0.1, 0.15) is 0 Å². The van der Waals surface area contributed by atoms with Crippen LogP contribution in [0.25, 0.3) is 10.9 Å². The van der Waals surface area contributed by atoms with Crippen molar-refractivity contribution >= 4 is 20.9 Å². The molecule has 1 fully saturated rings. The van der Waals surface area contributed by atoms with Gasteiger partial charge in [0.25, 0.3) is 0 Å². The van der Waals surface area contributed by atoms with E-state index in [4.69, 9.17) is 5.73 Å². The summed E-state index contributed by atoms with van der Waals surface area (Å²) in [6.45, 7) is 0.441. The third-order valence-electron chi connectivity index (χ3n) is 4.36. The summed E-state index contributed by atoms with van der Waals surface area (Å²) in [5.41, 5.74) is 8.50. The highest BCUT2D eigenvalue weighted by Crippen LogP contribution is 2.22. The fourth-order valence-electron chi connectivity index (χ4n) is 3.22. The number of hydrogen-bond donors (Lipinski definition) is 3. The maximum atomic E-state index is 12.4. The zero-order valence-electron chi connectivity index (χ0n) is 12.6. The third kappa shape index (κ3) is 3.51. The molecule has 6 heteroatoms. The summed E-state index contributed by atoms with van der Waals surface area (Å²) in [6.07, 6.45) is 7.22. The second-order valence-corrected chi connectivity index (χ2v) is 7.86. The molecule has 3 rings (SSSR count). The van der Waals surface area contributed by atoms with Crippen LogP contribution in [0.5, 0.6) is 0 Å². The highest BCUT2D eigenvalue weighted by Gasteiger charge is 2.20. The van der Waals surface area contributed by atoms with E-state index in [1.165, 1.54) is 6.42 Å². The first kappa shape index (κ1) is 15.5. The van der Waals surface area contributed by atoms with E-state index in [0.29, 0.717) is 6.54 Å². The van der Waals surface area contributed by atoms with Crippen LogP contribution in [0.3, 0.4) is 0 Å². The number of fused-ring (bicyclic) bond motifs is 1. The standard InChI is InChI=1S/C16H23N3O2S/c17-9-13-10-18-16-7-6-12(8-15(13)16)11-22(20,21)19-14-4-2-1-3-5-14/h6-8,10,14,18-19H,1-5,9,11,17H2. The lowest BCUT2D eigenvalue weighted by Crippen LogP contribution is -2.36. The summed E-state index contributed by atoms with van der Waals surface area (Å²) >= 11 is 0. The molecule has 1 aliphatic carbocycles. The zero-order valence-corrected chi connectivity index (χ0v) is 13.5. The van der Waals surface area contributed by atoms with Crippen LogP contribution < -0.4 is 10.5 Å². The lowest BCUT2D eigenvalue weighted by molar-refractivity contribution is 0.412. The highest BCUT2D eigenvalue weighted by molar-refractivity contribution is 7.88. The van der Waals surface area contributed by atoms with E-state index < -0.39 is 10.0 Å². The number of benzene rings is 1. The molecule has 1 aromatic carbocycles. The first-order valence-corrected chi connectivity index (χ1v) is 9.51. The van der Waals surface area contributed by atoms with Gasteiger partial charge in [0.15, 0.2) is 0 Å². The van der Waals surface area contributed by atoms with Crippen molar-refractivity contribution in [2.45, 2.75) is 50.4 Å².